The molecule has 1 heterocycles. The molecule has 1 atom stereocenters. The average molecular weight is 219 g/mol. The standard InChI is InChI=1S/C14H21NO/c1-12(16)8-9-13-6-2-3-7-14(13)15-10-4-5-11-15/h2-3,6-7,12,16H,4-5,8-11H2,1H3. The lowest BCUT2D eigenvalue weighted by atomic mass is 10.0. The van der Waals surface area contributed by atoms with Gasteiger partial charge in [-0.3, -0.25) is 0 Å². The van der Waals surface area contributed by atoms with Crippen LogP contribution in [0.4, 0.5) is 5.69 Å². The minimum absolute atomic E-state index is 0.202. The van der Waals surface area contributed by atoms with Crippen molar-refractivity contribution in [2.75, 3.05) is 18.0 Å². The van der Waals surface area contributed by atoms with Crippen LogP contribution in [0.15, 0.2) is 24.3 Å². The molecular formula is C14H21NO. The molecule has 1 aromatic carbocycles. The molecule has 0 radical (unpaired) electrons. The molecule has 0 spiro atoms. The quantitative estimate of drug-likeness (QED) is 0.841. The molecule has 16 heavy (non-hydrogen) atoms. The predicted octanol–water partition coefficient (Wildman–Crippen LogP) is 2.60. The Morgan fingerprint density at radius 1 is 1.25 bits per heavy atom. The Hall–Kier alpha value is -1.02. The summed E-state index contributed by atoms with van der Waals surface area (Å²) in [6.45, 7) is 4.23. The van der Waals surface area contributed by atoms with E-state index >= 15 is 0 Å². The van der Waals surface area contributed by atoms with Gasteiger partial charge in [0, 0.05) is 18.8 Å². The second-order valence-corrected chi connectivity index (χ2v) is 4.71. The maximum atomic E-state index is 9.36. The molecule has 1 N–H and O–H groups in total. The molecule has 0 amide bonds. The van der Waals surface area contributed by atoms with Crippen molar-refractivity contribution in [3.8, 4) is 0 Å². The highest BCUT2D eigenvalue weighted by molar-refractivity contribution is 5.54. The van der Waals surface area contributed by atoms with E-state index in [9.17, 15) is 5.11 Å². The van der Waals surface area contributed by atoms with Crippen molar-refractivity contribution >= 4 is 5.69 Å². The highest BCUT2D eigenvalue weighted by Crippen LogP contribution is 2.25. The third kappa shape index (κ3) is 2.76. The first-order valence-electron chi connectivity index (χ1n) is 6.28. The first-order valence-corrected chi connectivity index (χ1v) is 6.28. The van der Waals surface area contributed by atoms with Crippen LogP contribution in [0.25, 0.3) is 0 Å². The van der Waals surface area contributed by atoms with Crippen LogP contribution in [-0.2, 0) is 6.42 Å². The van der Waals surface area contributed by atoms with Crippen LogP contribution < -0.4 is 4.90 Å². The first-order chi connectivity index (χ1) is 7.77. The molecule has 1 aromatic rings. The van der Waals surface area contributed by atoms with E-state index in [4.69, 9.17) is 0 Å². The van der Waals surface area contributed by atoms with Gasteiger partial charge in [0.2, 0.25) is 0 Å². The molecule has 2 rings (SSSR count). The van der Waals surface area contributed by atoms with Gasteiger partial charge >= 0.3 is 0 Å². The normalized spacial score (nSPS) is 17.8. The second-order valence-electron chi connectivity index (χ2n) is 4.71. The number of para-hydroxylation sites is 1. The maximum Gasteiger partial charge on any atom is 0.0515 e. The van der Waals surface area contributed by atoms with Gasteiger partial charge < -0.3 is 10.0 Å². The lowest BCUT2D eigenvalue weighted by Crippen LogP contribution is -2.19. The SMILES string of the molecule is CC(O)CCc1ccccc1N1CCCC1. The van der Waals surface area contributed by atoms with Crippen molar-refractivity contribution in [2.45, 2.75) is 38.7 Å². The van der Waals surface area contributed by atoms with Gasteiger partial charge in [0.25, 0.3) is 0 Å². The van der Waals surface area contributed by atoms with Gasteiger partial charge in [-0.25, -0.2) is 0 Å². The smallest absolute Gasteiger partial charge is 0.0515 e. The summed E-state index contributed by atoms with van der Waals surface area (Å²) in [6, 6.07) is 8.61. The number of aliphatic hydroxyl groups excluding tert-OH is 1. The van der Waals surface area contributed by atoms with Crippen LogP contribution in [0.3, 0.4) is 0 Å². The topological polar surface area (TPSA) is 23.5 Å². The fourth-order valence-corrected chi connectivity index (χ4v) is 2.35. The van der Waals surface area contributed by atoms with Gasteiger partial charge in [0.15, 0.2) is 0 Å². The number of rotatable bonds is 4. The summed E-state index contributed by atoms with van der Waals surface area (Å²) in [5.74, 6) is 0. The summed E-state index contributed by atoms with van der Waals surface area (Å²) in [5.41, 5.74) is 2.76. The van der Waals surface area contributed by atoms with E-state index in [1.165, 1.54) is 37.2 Å². The Balaban J connectivity index is 2.10. The number of nitrogens with zero attached hydrogens (tertiary/aromatic N) is 1. The zero-order valence-electron chi connectivity index (χ0n) is 10.0. The highest BCUT2D eigenvalue weighted by atomic mass is 16.3. The maximum absolute atomic E-state index is 9.36. The van der Waals surface area contributed by atoms with E-state index in [0.29, 0.717) is 0 Å². The number of benzene rings is 1. The average Bonchev–Trinajstić information content (AvgIpc) is 2.80. The van der Waals surface area contributed by atoms with E-state index in [1.54, 1.807) is 0 Å². The van der Waals surface area contributed by atoms with Crippen LogP contribution in [0.5, 0.6) is 0 Å². The van der Waals surface area contributed by atoms with Gasteiger partial charge in [0.1, 0.15) is 0 Å². The summed E-state index contributed by atoms with van der Waals surface area (Å²) >= 11 is 0. The van der Waals surface area contributed by atoms with Crippen LogP contribution in [0.2, 0.25) is 0 Å². The summed E-state index contributed by atoms with van der Waals surface area (Å²) in [4.78, 5) is 2.47. The number of hydrogen-bond acceptors (Lipinski definition) is 2. The lowest BCUT2D eigenvalue weighted by Gasteiger charge is -2.21. The highest BCUT2D eigenvalue weighted by Gasteiger charge is 2.15. The van der Waals surface area contributed by atoms with E-state index in [-0.39, 0.29) is 6.10 Å². The third-order valence-corrected chi connectivity index (χ3v) is 3.27. The van der Waals surface area contributed by atoms with Crippen molar-refractivity contribution in [1.82, 2.24) is 0 Å². The van der Waals surface area contributed by atoms with Crippen molar-refractivity contribution in [1.29, 1.82) is 0 Å². The fourth-order valence-electron chi connectivity index (χ4n) is 2.35. The van der Waals surface area contributed by atoms with Crippen LogP contribution in [0.1, 0.15) is 31.7 Å². The fraction of sp³-hybridized carbons (Fsp3) is 0.571. The molecule has 2 heteroatoms. The zero-order valence-corrected chi connectivity index (χ0v) is 10.0. The Morgan fingerprint density at radius 3 is 2.62 bits per heavy atom. The molecule has 1 unspecified atom stereocenters. The first kappa shape index (κ1) is 11.5. The van der Waals surface area contributed by atoms with E-state index in [1.807, 2.05) is 6.92 Å². The van der Waals surface area contributed by atoms with E-state index in [0.717, 1.165) is 12.8 Å². The molecule has 1 aliphatic heterocycles. The Kier molecular flexibility index (Phi) is 3.83. The third-order valence-electron chi connectivity index (χ3n) is 3.27. The molecular weight excluding hydrogens is 198 g/mol. The van der Waals surface area contributed by atoms with Gasteiger partial charge in [0.05, 0.1) is 6.10 Å². The van der Waals surface area contributed by atoms with Crippen LogP contribution in [0, 0.1) is 0 Å². The number of aryl methyl sites for hydroxylation is 1. The molecule has 0 aliphatic carbocycles. The summed E-state index contributed by atoms with van der Waals surface area (Å²) in [5, 5.41) is 9.36. The largest absolute Gasteiger partial charge is 0.393 e. The summed E-state index contributed by atoms with van der Waals surface area (Å²) in [6.07, 6.45) is 4.25. The summed E-state index contributed by atoms with van der Waals surface area (Å²) < 4.78 is 0. The molecule has 88 valence electrons. The molecule has 2 nitrogen and oxygen atoms in total. The molecule has 1 saturated heterocycles. The van der Waals surface area contributed by atoms with Crippen LogP contribution in [-0.4, -0.2) is 24.3 Å². The van der Waals surface area contributed by atoms with Gasteiger partial charge in [-0.1, -0.05) is 18.2 Å². The van der Waals surface area contributed by atoms with Gasteiger partial charge in [-0.05, 0) is 44.2 Å². The minimum Gasteiger partial charge on any atom is -0.393 e. The van der Waals surface area contributed by atoms with Crippen molar-refractivity contribution in [3.63, 3.8) is 0 Å². The van der Waals surface area contributed by atoms with E-state index in [2.05, 4.69) is 29.2 Å². The van der Waals surface area contributed by atoms with Gasteiger partial charge in [-0.15, -0.1) is 0 Å². The number of hydrogen-bond donors (Lipinski definition) is 1. The molecule has 0 saturated carbocycles. The molecule has 0 aromatic heterocycles. The molecule has 0 bridgehead atoms. The lowest BCUT2D eigenvalue weighted by molar-refractivity contribution is 0.185. The Morgan fingerprint density at radius 2 is 1.94 bits per heavy atom. The van der Waals surface area contributed by atoms with Crippen molar-refractivity contribution in [3.05, 3.63) is 29.8 Å². The van der Waals surface area contributed by atoms with Gasteiger partial charge in [-0.2, -0.15) is 0 Å². The summed E-state index contributed by atoms with van der Waals surface area (Å²) in [7, 11) is 0. The van der Waals surface area contributed by atoms with Crippen LogP contribution >= 0.6 is 0 Å². The van der Waals surface area contributed by atoms with Crippen molar-refractivity contribution < 1.29 is 5.11 Å². The number of aliphatic hydroxyl groups is 1. The second kappa shape index (κ2) is 5.35. The molecule has 1 aliphatic rings. The Labute approximate surface area is 97.9 Å². The zero-order chi connectivity index (χ0) is 11.4. The number of anilines is 1. The van der Waals surface area contributed by atoms with Crippen molar-refractivity contribution in [2.24, 2.45) is 0 Å². The Bertz CT molecular complexity index is 329. The van der Waals surface area contributed by atoms with E-state index < -0.39 is 0 Å². The predicted molar refractivity (Wildman–Crippen MR) is 67.9 cm³/mol. The monoisotopic (exact) mass is 219 g/mol. The molecule has 1 fully saturated rings. The minimum atomic E-state index is -0.202.